The Hall–Kier alpha value is -1.62. The minimum absolute atomic E-state index is 0.107. The summed E-state index contributed by atoms with van der Waals surface area (Å²) in [5.41, 5.74) is -0.107. The fourth-order valence-corrected chi connectivity index (χ4v) is 2.77. The largest absolute Gasteiger partial charge is 0.480 e. The Morgan fingerprint density at radius 3 is 2.67 bits per heavy atom. The average Bonchev–Trinajstić information content (AvgIpc) is 2.28. The van der Waals surface area contributed by atoms with E-state index < -0.39 is 22.0 Å². The highest BCUT2D eigenvalue weighted by Gasteiger charge is 2.24. The van der Waals surface area contributed by atoms with Gasteiger partial charge in [0.25, 0.3) is 0 Å². The van der Waals surface area contributed by atoms with Crippen LogP contribution in [0.25, 0.3) is 0 Å². The zero-order valence-electron chi connectivity index (χ0n) is 9.21. The van der Waals surface area contributed by atoms with E-state index in [0.717, 1.165) is 6.07 Å². The van der Waals surface area contributed by atoms with E-state index in [0.29, 0.717) is 0 Å². The van der Waals surface area contributed by atoms with Crippen LogP contribution in [0.5, 0.6) is 0 Å². The molecule has 0 unspecified atom stereocenters. The number of rotatable bonds is 4. The summed E-state index contributed by atoms with van der Waals surface area (Å²) in [5, 5.41) is 17.6. The highest BCUT2D eigenvalue weighted by atomic mass is 35.5. The fourth-order valence-electron chi connectivity index (χ4n) is 1.16. The first-order valence-corrected chi connectivity index (χ1v) is 6.59. The number of carboxylic acids is 1. The van der Waals surface area contributed by atoms with Gasteiger partial charge < -0.3 is 5.11 Å². The van der Waals surface area contributed by atoms with Crippen LogP contribution in [-0.4, -0.2) is 25.5 Å². The molecule has 0 radical (unpaired) electrons. The standard InChI is InChI=1S/C10H9ClN2O4S/c1-6(10(14)15)13-18(16,17)9-4-8(11)3-2-7(9)5-12/h2-4,6,13H,1H3,(H,14,15)/t6-/m0/s1. The van der Waals surface area contributed by atoms with Crippen LogP contribution in [0.15, 0.2) is 23.1 Å². The van der Waals surface area contributed by atoms with Crippen molar-refractivity contribution in [2.75, 3.05) is 0 Å². The molecular formula is C10H9ClN2O4S. The fraction of sp³-hybridized carbons (Fsp3) is 0.200. The van der Waals surface area contributed by atoms with Crippen molar-refractivity contribution in [3.63, 3.8) is 0 Å². The van der Waals surface area contributed by atoms with Crippen LogP contribution in [0.1, 0.15) is 12.5 Å². The number of hydrogen-bond donors (Lipinski definition) is 2. The van der Waals surface area contributed by atoms with E-state index in [1.165, 1.54) is 19.1 Å². The molecule has 2 N–H and O–H groups in total. The van der Waals surface area contributed by atoms with Crippen LogP contribution in [0.2, 0.25) is 5.02 Å². The van der Waals surface area contributed by atoms with Crippen molar-refractivity contribution in [3.05, 3.63) is 28.8 Å². The number of aliphatic carboxylic acids is 1. The van der Waals surface area contributed by atoms with Gasteiger partial charge in [0.2, 0.25) is 10.0 Å². The van der Waals surface area contributed by atoms with Crippen LogP contribution in [0.4, 0.5) is 0 Å². The van der Waals surface area contributed by atoms with E-state index in [-0.39, 0.29) is 15.5 Å². The molecule has 0 aliphatic rings. The lowest BCUT2D eigenvalue weighted by molar-refractivity contribution is -0.138. The molecule has 0 aliphatic heterocycles. The highest BCUT2D eigenvalue weighted by molar-refractivity contribution is 7.89. The summed E-state index contributed by atoms with van der Waals surface area (Å²) < 4.78 is 25.7. The van der Waals surface area contributed by atoms with Crippen LogP contribution >= 0.6 is 11.6 Å². The van der Waals surface area contributed by atoms with Crippen molar-refractivity contribution < 1.29 is 18.3 Å². The van der Waals surface area contributed by atoms with Gasteiger partial charge >= 0.3 is 5.97 Å². The lowest BCUT2D eigenvalue weighted by Gasteiger charge is -2.11. The van der Waals surface area contributed by atoms with Crippen molar-refractivity contribution in [1.29, 1.82) is 5.26 Å². The summed E-state index contributed by atoms with van der Waals surface area (Å²) in [6.07, 6.45) is 0. The van der Waals surface area contributed by atoms with Crippen molar-refractivity contribution in [2.24, 2.45) is 0 Å². The molecule has 0 bridgehead atoms. The maximum atomic E-state index is 11.9. The van der Waals surface area contributed by atoms with Gasteiger partial charge in [0.1, 0.15) is 17.0 Å². The molecule has 8 heteroatoms. The van der Waals surface area contributed by atoms with Gasteiger partial charge in [-0.3, -0.25) is 4.79 Å². The zero-order valence-corrected chi connectivity index (χ0v) is 10.8. The number of benzene rings is 1. The topological polar surface area (TPSA) is 107 Å². The SMILES string of the molecule is C[C@H](NS(=O)(=O)c1cc(Cl)ccc1C#N)C(=O)O. The van der Waals surface area contributed by atoms with Crippen molar-refractivity contribution in [1.82, 2.24) is 4.72 Å². The second kappa shape index (κ2) is 5.35. The van der Waals surface area contributed by atoms with Gasteiger partial charge in [-0.15, -0.1) is 0 Å². The predicted molar refractivity (Wildman–Crippen MR) is 63.6 cm³/mol. The molecule has 6 nitrogen and oxygen atoms in total. The lowest BCUT2D eigenvalue weighted by atomic mass is 10.2. The molecule has 0 aliphatic carbocycles. The number of nitrogens with one attached hydrogen (secondary N) is 1. The average molecular weight is 289 g/mol. The Bertz CT molecular complexity index is 621. The molecule has 1 aromatic carbocycles. The predicted octanol–water partition coefficient (Wildman–Crippen LogP) is 0.963. The minimum atomic E-state index is -4.11. The molecule has 0 spiro atoms. The smallest absolute Gasteiger partial charge is 0.321 e. The number of sulfonamides is 1. The summed E-state index contributed by atoms with van der Waals surface area (Å²) >= 11 is 5.66. The summed E-state index contributed by atoms with van der Waals surface area (Å²) in [4.78, 5) is 10.3. The molecule has 0 heterocycles. The molecule has 0 fully saturated rings. The van der Waals surface area contributed by atoms with Crippen LogP contribution in [-0.2, 0) is 14.8 Å². The Kier molecular flexibility index (Phi) is 4.29. The molecule has 1 aromatic rings. The minimum Gasteiger partial charge on any atom is -0.480 e. The summed E-state index contributed by atoms with van der Waals surface area (Å²) in [7, 11) is -4.11. The van der Waals surface area contributed by atoms with Crippen LogP contribution < -0.4 is 4.72 Å². The Labute approximate surface area is 109 Å². The molecule has 96 valence electrons. The van der Waals surface area contributed by atoms with E-state index in [9.17, 15) is 13.2 Å². The van der Waals surface area contributed by atoms with E-state index in [4.69, 9.17) is 22.0 Å². The summed E-state index contributed by atoms with van der Waals surface area (Å²) in [5.74, 6) is -1.32. The normalized spacial score (nSPS) is 12.7. The zero-order chi connectivity index (χ0) is 13.9. The Morgan fingerprint density at radius 2 is 2.17 bits per heavy atom. The third-order valence-corrected chi connectivity index (χ3v) is 3.87. The van der Waals surface area contributed by atoms with Crippen LogP contribution in [0.3, 0.4) is 0 Å². The number of carbonyl (C=O) groups is 1. The number of carboxylic acid groups (broad SMARTS) is 1. The maximum absolute atomic E-state index is 11.9. The van der Waals surface area contributed by atoms with E-state index in [1.807, 2.05) is 4.72 Å². The van der Waals surface area contributed by atoms with Gasteiger partial charge in [0, 0.05) is 5.02 Å². The van der Waals surface area contributed by atoms with E-state index in [1.54, 1.807) is 6.07 Å². The van der Waals surface area contributed by atoms with Gasteiger partial charge in [-0.2, -0.15) is 9.98 Å². The van der Waals surface area contributed by atoms with Gasteiger partial charge in [-0.25, -0.2) is 8.42 Å². The Balaban J connectivity index is 3.25. The second-order valence-electron chi connectivity index (χ2n) is 3.43. The number of halogens is 1. The van der Waals surface area contributed by atoms with Crippen molar-refractivity contribution in [3.8, 4) is 6.07 Å². The quantitative estimate of drug-likeness (QED) is 0.858. The van der Waals surface area contributed by atoms with Gasteiger partial charge in [-0.05, 0) is 25.1 Å². The molecular weight excluding hydrogens is 280 g/mol. The third-order valence-electron chi connectivity index (χ3n) is 2.06. The second-order valence-corrected chi connectivity index (χ2v) is 5.55. The van der Waals surface area contributed by atoms with Crippen molar-refractivity contribution in [2.45, 2.75) is 17.9 Å². The van der Waals surface area contributed by atoms with E-state index in [2.05, 4.69) is 0 Å². The monoisotopic (exact) mass is 288 g/mol. The first-order valence-electron chi connectivity index (χ1n) is 4.72. The summed E-state index contributed by atoms with van der Waals surface area (Å²) in [6.45, 7) is 1.18. The molecule has 0 saturated carbocycles. The number of nitrogens with zero attached hydrogens (tertiary/aromatic N) is 1. The molecule has 0 saturated heterocycles. The van der Waals surface area contributed by atoms with Gasteiger partial charge in [-0.1, -0.05) is 11.6 Å². The molecule has 1 atom stereocenters. The number of nitriles is 1. The van der Waals surface area contributed by atoms with Gasteiger partial charge in [0.15, 0.2) is 0 Å². The molecule has 0 amide bonds. The van der Waals surface area contributed by atoms with E-state index >= 15 is 0 Å². The van der Waals surface area contributed by atoms with Crippen LogP contribution in [0, 0.1) is 11.3 Å². The Morgan fingerprint density at radius 1 is 1.56 bits per heavy atom. The first kappa shape index (κ1) is 14.4. The molecule has 18 heavy (non-hydrogen) atoms. The first-order chi connectivity index (χ1) is 8.27. The maximum Gasteiger partial charge on any atom is 0.321 e. The highest BCUT2D eigenvalue weighted by Crippen LogP contribution is 2.20. The summed E-state index contributed by atoms with van der Waals surface area (Å²) in [6, 6.07) is 4.12. The third kappa shape index (κ3) is 3.20. The number of hydrogen-bond acceptors (Lipinski definition) is 4. The van der Waals surface area contributed by atoms with Crippen molar-refractivity contribution >= 4 is 27.6 Å². The van der Waals surface area contributed by atoms with Gasteiger partial charge in [0.05, 0.1) is 5.56 Å². The lowest BCUT2D eigenvalue weighted by Crippen LogP contribution is -2.38. The molecule has 0 aromatic heterocycles. The molecule has 1 rings (SSSR count).